The van der Waals surface area contributed by atoms with Gasteiger partial charge in [-0.25, -0.2) is 9.59 Å². The zero-order valence-electron chi connectivity index (χ0n) is 20.9. The fraction of sp³-hybridized carbons (Fsp3) is 0.400. The average molecular weight is 544 g/mol. The number of carbonyl (C=O) groups is 3. The Labute approximate surface area is 218 Å². The molecule has 7 nitrogen and oxygen atoms in total. The van der Waals surface area contributed by atoms with Gasteiger partial charge in [0.25, 0.3) is 0 Å². The molecular weight excluding hydrogens is 509 g/mol. The minimum absolute atomic E-state index is 0.0445. The summed E-state index contributed by atoms with van der Waals surface area (Å²) in [6.45, 7) is 10.7. The summed E-state index contributed by atoms with van der Waals surface area (Å²) < 4.78 is 15.4. The number of nitrogens with one attached hydrogen (secondary N) is 1. The number of esters is 2. The van der Waals surface area contributed by atoms with E-state index in [9.17, 15) is 14.4 Å². The molecule has 0 heterocycles. The van der Waals surface area contributed by atoms with Crippen LogP contribution in [0.1, 0.15) is 39.7 Å². The molecule has 10 heteroatoms. The van der Waals surface area contributed by atoms with Gasteiger partial charge in [-0.15, -0.1) is 0 Å². The lowest BCUT2D eigenvalue weighted by atomic mass is 10.2. The van der Waals surface area contributed by atoms with Crippen molar-refractivity contribution in [3.8, 4) is 0 Å². The van der Waals surface area contributed by atoms with E-state index < -0.39 is 35.3 Å². The van der Waals surface area contributed by atoms with Crippen molar-refractivity contribution < 1.29 is 28.6 Å². The van der Waals surface area contributed by atoms with Crippen LogP contribution in [0.4, 0.5) is 4.79 Å². The summed E-state index contributed by atoms with van der Waals surface area (Å²) in [7, 11) is 1.21. The molecule has 3 atom stereocenters. The van der Waals surface area contributed by atoms with Gasteiger partial charge in [0.1, 0.15) is 12.6 Å². The van der Waals surface area contributed by atoms with E-state index in [2.05, 4.69) is 11.9 Å². The van der Waals surface area contributed by atoms with Crippen molar-refractivity contribution in [2.24, 2.45) is 0 Å². The number of halogens is 1. The number of allylic oxidation sites excluding steroid dienone is 3. The minimum atomic E-state index is -2.87. The lowest BCUT2D eigenvalue weighted by Crippen LogP contribution is -2.42. The molecule has 3 unspecified atom stereocenters. The lowest BCUT2D eigenvalue weighted by Gasteiger charge is -2.27. The van der Waals surface area contributed by atoms with Crippen molar-refractivity contribution >= 4 is 46.5 Å². The van der Waals surface area contributed by atoms with Crippen molar-refractivity contribution in [1.29, 1.82) is 0 Å². The van der Waals surface area contributed by atoms with Crippen LogP contribution in [-0.2, 0) is 42.2 Å². The normalized spacial score (nSPS) is 14.4. The third-order valence-corrected chi connectivity index (χ3v) is 8.52. The van der Waals surface area contributed by atoms with Crippen LogP contribution in [0.5, 0.6) is 0 Å². The Kier molecular flexibility index (Phi) is 16.7. The predicted octanol–water partition coefficient (Wildman–Crippen LogP) is 6.08. The summed E-state index contributed by atoms with van der Waals surface area (Å²) in [5, 5.41) is -0.376. The maximum absolute atomic E-state index is 12.2. The quantitative estimate of drug-likeness (QED) is 0.148. The average Bonchev–Trinajstić information content (AvgIpc) is 2.86. The van der Waals surface area contributed by atoms with E-state index in [0.29, 0.717) is 5.57 Å². The van der Waals surface area contributed by atoms with Crippen LogP contribution < -0.4 is 5.32 Å². The molecule has 0 aliphatic rings. The number of hydrogen-bond acceptors (Lipinski definition) is 7. The van der Waals surface area contributed by atoms with Crippen LogP contribution in [0.15, 0.2) is 66.8 Å². The molecule has 0 saturated carbocycles. The largest absolute Gasteiger partial charge is 0.467 e. The van der Waals surface area contributed by atoms with Crippen molar-refractivity contribution in [2.45, 2.75) is 52.6 Å². The fourth-order valence-electron chi connectivity index (χ4n) is 2.75. The minimum Gasteiger partial charge on any atom is -0.467 e. The van der Waals surface area contributed by atoms with Crippen LogP contribution in [0.3, 0.4) is 0 Å². The molecule has 0 spiro atoms. The first-order valence-electron chi connectivity index (χ1n) is 11.1. The van der Waals surface area contributed by atoms with Crippen LogP contribution in [0, 0.1) is 0 Å². The Morgan fingerprint density at radius 1 is 1.23 bits per heavy atom. The Morgan fingerprint density at radius 2 is 1.86 bits per heavy atom. The number of methoxy groups -OCH3 is 1. The molecule has 35 heavy (non-hydrogen) atoms. The number of alkyl carbamates (subject to hydrolysis) is 1. The number of amides is 1. The van der Waals surface area contributed by atoms with Gasteiger partial charge in [0, 0.05) is 6.92 Å². The smallest absolute Gasteiger partial charge is 0.408 e. The van der Waals surface area contributed by atoms with Crippen LogP contribution >= 0.6 is 16.6 Å². The summed E-state index contributed by atoms with van der Waals surface area (Å²) in [5.41, 5.74) is 1.42. The third-order valence-electron chi connectivity index (χ3n) is 4.38. The maximum atomic E-state index is 12.2. The van der Waals surface area contributed by atoms with Crippen LogP contribution in [0.2, 0.25) is 0 Å². The number of hydrogen-bond donors (Lipinski definition) is 1. The molecule has 0 saturated heterocycles. The molecule has 0 radical (unpaired) electrons. The summed E-state index contributed by atoms with van der Waals surface area (Å²) in [6.07, 6.45) is 6.14. The van der Waals surface area contributed by atoms with Crippen molar-refractivity contribution in [2.75, 3.05) is 13.3 Å². The van der Waals surface area contributed by atoms with Crippen molar-refractivity contribution in [3.63, 3.8) is 0 Å². The third kappa shape index (κ3) is 12.7. The molecule has 0 bridgehead atoms. The molecule has 0 aliphatic heterocycles. The van der Waals surface area contributed by atoms with Crippen molar-refractivity contribution in [3.05, 3.63) is 72.4 Å². The van der Waals surface area contributed by atoms with E-state index in [1.807, 2.05) is 44.2 Å². The van der Waals surface area contributed by atoms with Gasteiger partial charge in [-0.1, -0.05) is 98.1 Å². The molecule has 1 amide bonds. The van der Waals surface area contributed by atoms with Crippen molar-refractivity contribution in [1.82, 2.24) is 5.32 Å². The van der Waals surface area contributed by atoms with E-state index in [1.54, 1.807) is 31.2 Å². The van der Waals surface area contributed by atoms with E-state index in [4.69, 9.17) is 37.3 Å². The first-order chi connectivity index (χ1) is 16.6. The van der Waals surface area contributed by atoms with E-state index >= 15 is 0 Å². The fourth-order valence-corrected chi connectivity index (χ4v) is 6.14. The Bertz CT molecular complexity index is 935. The van der Waals surface area contributed by atoms with Gasteiger partial charge in [0.15, 0.2) is 5.85 Å². The molecule has 0 fully saturated rings. The highest BCUT2D eigenvalue weighted by molar-refractivity contribution is 8.27. The van der Waals surface area contributed by atoms with Crippen LogP contribution in [-0.4, -0.2) is 43.2 Å². The number of ether oxygens (including phenoxy) is 3. The van der Waals surface area contributed by atoms with Gasteiger partial charge in [0.05, 0.1) is 12.5 Å². The molecule has 194 valence electrons. The standard InChI is InChI=1S/C23H29ClNO6PS.C2H6/c1-5-7-13-19(6-2)22(31-17(3)26)32(24,33)15-14-20(21(27)29-4)25-23(28)30-16-18-11-9-8-10-12-18;1-2/h5-13,20,22H,1,14-16H2,2-4H3,(H,25,28);1-2H3/b13-7-,19-6+;. The monoisotopic (exact) mass is 543 g/mol. The Balaban J connectivity index is 0.00000562. The second kappa shape index (κ2) is 17.9. The first-order valence-corrected chi connectivity index (χ1v) is 15.1. The number of carbonyl (C=O) groups excluding carboxylic acids is 3. The zero-order valence-corrected chi connectivity index (χ0v) is 23.3. The summed E-state index contributed by atoms with van der Waals surface area (Å²) >= 11 is 12.4. The Morgan fingerprint density at radius 3 is 2.37 bits per heavy atom. The molecular formula is C25H35ClNO6PS. The Hall–Kier alpha value is -2.41. The topological polar surface area (TPSA) is 90.9 Å². The van der Waals surface area contributed by atoms with Gasteiger partial charge in [-0.3, -0.25) is 4.79 Å². The van der Waals surface area contributed by atoms with Gasteiger partial charge >= 0.3 is 18.0 Å². The molecule has 1 N–H and O–H groups in total. The zero-order chi connectivity index (χ0) is 26.9. The maximum Gasteiger partial charge on any atom is 0.408 e. The van der Waals surface area contributed by atoms with Gasteiger partial charge in [-0.2, -0.15) is 0 Å². The lowest BCUT2D eigenvalue weighted by molar-refractivity contribution is -0.143. The highest BCUT2D eigenvalue weighted by Crippen LogP contribution is 2.59. The van der Waals surface area contributed by atoms with Gasteiger partial charge < -0.3 is 19.5 Å². The first kappa shape index (κ1) is 32.6. The number of rotatable bonds is 12. The molecule has 1 rings (SSSR count). The summed E-state index contributed by atoms with van der Waals surface area (Å²) in [5.74, 6) is -2.07. The summed E-state index contributed by atoms with van der Waals surface area (Å²) in [4.78, 5) is 36.2. The highest BCUT2D eigenvalue weighted by atomic mass is 35.7. The van der Waals surface area contributed by atoms with Gasteiger partial charge in [0.2, 0.25) is 0 Å². The second-order valence-corrected chi connectivity index (χ2v) is 13.5. The van der Waals surface area contributed by atoms with E-state index in [1.165, 1.54) is 14.0 Å². The second-order valence-electron chi connectivity index (χ2n) is 6.84. The molecule has 0 aliphatic carbocycles. The summed E-state index contributed by atoms with van der Waals surface area (Å²) in [6, 6.07) is 8.08. The number of benzene rings is 1. The highest BCUT2D eigenvalue weighted by Gasteiger charge is 2.34. The van der Waals surface area contributed by atoms with E-state index in [0.717, 1.165) is 5.56 Å². The molecule has 1 aromatic carbocycles. The van der Waals surface area contributed by atoms with Crippen LogP contribution in [0.25, 0.3) is 0 Å². The molecule has 0 aromatic heterocycles. The molecule has 1 aromatic rings. The van der Waals surface area contributed by atoms with E-state index in [-0.39, 0.29) is 19.2 Å². The SMILES string of the molecule is C=C/C=C\C(=C/C)C(OC(C)=O)P(=S)(Cl)CCC(NC(=O)OCc1ccccc1)C(=O)OC.CC. The predicted molar refractivity (Wildman–Crippen MR) is 145 cm³/mol. The van der Waals surface area contributed by atoms with Gasteiger partial charge in [-0.05, 0) is 30.6 Å².